The Morgan fingerprint density at radius 3 is 2.33 bits per heavy atom. The van der Waals surface area contributed by atoms with Crippen LogP contribution in [0.15, 0.2) is 52.7 Å². The van der Waals surface area contributed by atoms with Crippen molar-refractivity contribution in [3.63, 3.8) is 0 Å². The number of benzene rings is 2. The zero-order chi connectivity index (χ0) is 31.6. The Morgan fingerprint density at radius 1 is 1.14 bits per heavy atom. The number of hydrogen-bond acceptors (Lipinski definition) is 6. The molecule has 1 atom stereocenters. The first-order valence-electron chi connectivity index (χ1n) is 13.0. The van der Waals surface area contributed by atoms with E-state index >= 15 is 0 Å². The first kappa shape index (κ1) is 33.3. The molecule has 0 saturated carbocycles. The number of nitrogens with one attached hydrogen (secondary N) is 2. The number of hydrogen-bond donors (Lipinski definition) is 3. The molecule has 0 fully saturated rings. The molecule has 0 unspecified atom stereocenters. The fourth-order valence-corrected chi connectivity index (χ4v) is 4.29. The van der Waals surface area contributed by atoms with Crippen molar-refractivity contribution in [2.45, 2.75) is 46.6 Å². The van der Waals surface area contributed by atoms with E-state index in [2.05, 4.69) is 24.5 Å². The van der Waals surface area contributed by atoms with Gasteiger partial charge in [0.15, 0.2) is 11.6 Å². The van der Waals surface area contributed by atoms with Crippen molar-refractivity contribution in [1.29, 1.82) is 5.26 Å². The van der Waals surface area contributed by atoms with Gasteiger partial charge in [-0.2, -0.15) is 5.26 Å². The largest absolute Gasteiger partial charge is 0.481 e. The van der Waals surface area contributed by atoms with Crippen LogP contribution in [-0.4, -0.2) is 28.1 Å². The Balaban J connectivity index is 0.000000330. The van der Waals surface area contributed by atoms with Gasteiger partial charge in [0, 0.05) is 25.4 Å². The maximum absolute atomic E-state index is 14.2. The molecule has 222 valence electrons. The molecule has 0 aliphatic carbocycles. The SMILES string of the molecule is CC(C)CCNC(=O)c1cccn(C)c1=O.Cc1cc(C#N)cc(C)c1-c1cc(F)c(F)c([C@H](CC(=O)O)NN=O)c1. The van der Waals surface area contributed by atoms with Crippen LogP contribution >= 0.6 is 0 Å². The summed E-state index contributed by atoms with van der Waals surface area (Å²) < 4.78 is 29.8. The second-order valence-electron chi connectivity index (χ2n) is 10.1. The number of carboxylic acid groups (broad SMARTS) is 1. The molecular formula is C30H33F2N5O5. The lowest BCUT2D eigenvalue weighted by atomic mass is 9.91. The number of rotatable bonds is 10. The van der Waals surface area contributed by atoms with Crippen LogP contribution in [0.3, 0.4) is 0 Å². The molecule has 1 heterocycles. The van der Waals surface area contributed by atoms with E-state index < -0.39 is 30.1 Å². The van der Waals surface area contributed by atoms with E-state index in [0.29, 0.717) is 40.3 Å². The monoisotopic (exact) mass is 581 g/mol. The zero-order valence-electron chi connectivity index (χ0n) is 24.0. The van der Waals surface area contributed by atoms with Gasteiger partial charge in [0.1, 0.15) is 5.56 Å². The molecule has 0 saturated heterocycles. The predicted molar refractivity (Wildman–Crippen MR) is 153 cm³/mol. The number of halogens is 2. The van der Waals surface area contributed by atoms with E-state index in [1.54, 1.807) is 51.4 Å². The number of carbonyl (C=O) groups is 2. The van der Waals surface area contributed by atoms with E-state index in [1.165, 1.54) is 10.6 Å². The number of nitriles is 1. The molecule has 1 aromatic heterocycles. The summed E-state index contributed by atoms with van der Waals surface area (Å²) in [5, 5.41) is 23.1. The van der Waals surface area contributed by atoms with Crippen molar-refractivity contribution in [3.8, 4) is 17.2 Å². The third-order valence-electron chi connectivity index (χ3n) is 6.34. The van der Waals surface area contributed by atoms with Crippen molar-refractivity contribution in [3.05, 3.63) is 97.3 Å². The number of nitrogens with zero attached hydrogens (tertiary/aromatic N) is 3. The summed E-state index contributed by atoms with van der Waals surface area (Å²) in [5.74, 6) is -3.48. The molecule has 2 aromatic carbocycles. The summed E-state index contributed by atoms with van der Waals surface area (Å²) in [7, 11) is 1.63. The fraction of sp³-hybridized carbons (Fsp3) is 0.333. The van der Waals surface area contributed by atoms with E-state index in [9.17, 15) is 28.1 Å². The maximum atomic E-state index is 14.2. The van der Waals surface area contributed by atoms with E-state index in [-0.39, 0.29) is 22.6 Å². The number of carboxylic acids is 1. The molecule has 42 heavy (non-hydrogen) atoms. The normalized spacial score (nSPS) is 11.1. The highest BCUT2D eigenvalue weighted by Gasteiger charge is 2.24. The van der Waals surface area contributed by atoms with Crippen LogP contribution in [0, 0.1) is 47.6 Å². The van der Waals surface area contributed by atoms with Crippen molar-refractivity contribution in [2.24, 2.45) is 18.3 Å². The summed E-state index contributed by atoms with van der Waals surface area (Å²) >= 11 is 0. The lowest BCUT2D eigenvalue weighted by molar-refractivity contribution is -0.137. The quantitative estimate of drug-likeness (QED) is 0.223. The summed E-state index contributed by atoms with van der Waals surface area (Å²) in [4.78, 5) is 44.7. The minimum atomic E-state index is -1.32. The Hall–Kier alpha value is -4.92. The lowest BCUT2D eigenvalue weighted by Crippen LogP contribution is -2.32. The van der Waals surface area contributed by atoms with Crippen molar-refractivity contribution in [1.82, 2.24) is 15.3 Å². The minimum Gasteiger partial charge on any atom is -0.481 e. The van der Waals surface area contributed by atoms with Crippen LogP contribution in [-0.2, 0) is 11.8 Å². The van der Waals surface area contributed by atoms with Gasteiger partial charge in [-0.15, -0.1) is 4.91 Å². The smallest absolute Gasteiger partial charge is 0.305 e. The Kier molecular flexibility index (Phi) is 12.0. The van der Waals surface area contributed by atoms with Crippen LogP contribution in [0.25, 0.3) is 11.1 Å². The highest BCUT2D eigenvalue weighted by Crippen LogP contribution is 2.33. The van der Waals surface area contributed by atoms with Crippen LogP contribution in [0.2, 0.25) is 0 Å². The lowest BCUT2D eigenvalue weighted by Gasteiger charge is -2.18. The van der Waals surface area contributed by atoms with Gasteiger partial charge in [0.05, 0.1) is 29.4 Å². The average Bonchev–Trinajstić information content (AvgIpc) is 2.91. The van der Waals surface area contributed by atoms with Crippen LogP contribution in [0.4, 0.5) is 8.78 Å². The molecule has 0 aliphatic rings. The van der Waals surface area contributed by atoms with Gasteiger partial charge in [0.25, 0.3) is 11.5 Å². The molecule has 0 radical (unpaired) electrons. The summed E-state index contributed by atoms with van der Waals surface area (Å²) in [6, 6.07) is 9.44. The Morgan fingerprint density at radius 2 is 1.79 bits per heavy atom. The topological polar surface area (TPSA) is 154 Å². The summed E-state index contributed by atoms with van der Waals surface area (Å²) in [6.45, 7) is 8.24. The Bertz CT molecular complexity index is 1540. The van der Waals surface area contributed by atoms with Gasteiger partial charge in [-0.05, 0) is 84.8 Å². The number of aliphatic carboxylic acids is 1. The van der Waals surface area contributed by atoms with E-state index in [4.69, 9.17) is 10.4 Å². The molecule has 3 aromatic rings. The maximum Gasteiger partial charge on any atom is 0.305 e. The molecule has 0 spiro atoms. The van der Waals surface area contributed by atoms with Crippen LogP contribution in [0.1, 0.15) is 65.3 Å². The number of carbonyl (C=O) groups excluding carboxylic acids is 1. The molecule has 1 amide bonds. The van der Waals surface area contributed by atoms with Gasteiger partial charge in [0.2, 0.25) is 0 Å². The van der Waals surface area contributed by atoms with Gasteiger partial charge < -0.3 is 15.0 Å². The van der Waals surface area contributed by atoms with Crippen molar-refractivity contribution >= 4 is 11.9 Å². The van der Waals surface area contributed by atoms with Crippen molar-refractivity contribution in [2.75, 3.05) is 6.54 Å². The second kappa shape index (κ2) is 15.2. The van der Waals surface area contributed by atoms with Crippen LogP contribution in [0.5, 0.6) is 0 Å². The van der Waals surface area contributed by atoms with Gasteiger partial charge >= 0.3 is 5.97 Å². The van der Waals surface area contributed by atoms with E-state index in [0.717, 1.165) is 12.5 Å². The third kappa shape index (κ3) is 8.79. The highest BCUT2D eigenvalue weighted by atomic mass is 19.2. The van der Waals surface area contributed by atoms with Crippen LogP contribution < -0.4 is 16.3 Å². The zero-order valence-corrected chi connectivity index (χ0v) is 24.0. The first-order valence-corrected chi connectivity index (χ1v) is 13.0. The number of nitroso groups, excluding NO2 is 1. The predicted octanol–water partition coefficient (Wildman–Crippen LogP) is 5.07. The molecule has 0 bridgehead atoms. The molecule has 10 nitrogen and oxygen atoms in total. The number of pyridine rings is 1. The summed E-state index contributed by atoms with van der Waals surface area (Å²) in [6.07, 6.45) is 1.89. The number of amides is 1. The molecule has 3 rings (SSSR count). The van der Waals surface area contributed by atoms with Crippen molar-refractivity contribution < 1.29 is 23.5 Å². The summed E-state index contributed by atoms with van der Waals surface area (Å²) in [5.41, 5.74) is 4.28. The number of aromatic nitrogens is 1. The minimum absolute atomic E-state index is 0.203. The molecule has 0 aliphatic heterocycles. The third-order valence-corrected chi connectivity index (χ3v) is 6.34. The first-order chi connectivity index (χ1) is 19.8. The Labute approximate surface area is 241 Å². The van der Waals surface area contributed by atoms with E-state index in [1.807, 2.05) is 11.5 Å². The second-order valence-corrected chi connectivity index (χ2v) is 10.1. The fourth-order valence-electron chi connectivity index (χ4n) is 4.29. The molecule has 3 N–H and O–H groups in total. The molecule has 12 heteroatoms. The standard InChI is InChI=1S/C18H15F2N3O3.C12H18N2O2/c1-9-3-11(8-21)4-10(2)17(9)12-5-13(18(20)14(19)6-12)15(22-23-26)7-16(24)25;1-9(2)6-7-13-11(15)10-5-4-8-14(3)12(10)16/h3-6,15H,7H2,1-2H3,(H,22,26)(H,24,25);4-5,8-9H,6-7H2,1-3H3,(H,13,15)/t15-;/m0./s1. The highest BCUT2D eigenvalue weighted by molar-refractivity contribution is 5.93. The molecular weight excluding hydrogens is 548 g/mol. The van der Waals surface area contributed by atoms with Gasteiger partial charge in [-0.25, -0.2) is 8.78 Å². The average molecular weight is 582 g/mol. The van der Waals surface area contributed by atoms with Gasteiger partial charge in [-0.3, -0.25) is 19.8 Å². The number of aryl methyl sites for hydroxylation is 3. The van der Waals surface area contributed by atoms with Gasteiger partial charge in [-0.1, -0.05) is 13.8 Å².